The van der Waals surface area contributed by atoms with Crippen LogP contribution in [-0.2, 0) is 4.79 Å². The van der Waals surface area contributed by atoms with Crippen molar-refractivity contribution in [3.63, 3.8) is 0 Å². The molecule has 0 aliphatic heterocycles. The van der Waals surface area contributed by atoms with E-state index >= 15 is 0 Å². The molecule has 0 aliphatic rings. The number of aliphatic carboxylic acids is 1. The van der Waals surface area contributed by atoms with Crippen molar-refractivity contribution in [3.8, 4) is 5.75 Å². The Kier molecular flexibility index (Phi) is 2.87. The van der Waals surface area contributed by atoms with Crippen molar-refractivity contribution in [1.82, 2.24) is 0 Å². The summed E-state index contributed by atoms with van der Waals surface area (Å²) in [4.78, 5) is 10.3. The maximum absolute atomic E-state index is 10.3. The number of phenolic OH excluding ortho intramolecular Hbond substituents is 1. The van der Waals surface area contributed by atoms with Gasteiger partial charge in [-0.25, -0.2) is 0 Å². The van der Waals surface area contributed by atoms with Crippen LogP contribution in [0.5, 0.6) is 5.75 Å². The summed E-state index contributed by atoms with van der Waals surface area (Å²) in [7, 11) is 0. The van der Waals surface area contributed by atoms with Crippen LogP contribution in [0, 0.1) is 0 Å². The number of aromatic hydroxyl groups is 1. The summed E-state index contributed by atoms with van der Waals surface area (Å²) in [6, 6.07) is 5.81. The highest BCUT2D eigenvalue weighted by Crippen LogP contribution is 2.23. The zero-order chi connectivity index (χ0) is 9.84. The third kappa shape index (κ3) is 2.45. The van der Waals surface area contributed by atoms with Crippen LogP contribution in [0.2, 0.25) is 0 Å². The molecule has 1 rings (SSSR count). The van der Waals surface area contributed by atoms with Gasteiger partial charge in [0, 0.05) is 11.6 Å². The van der Waals surface area contributed by atoms with Gasteiger partial charge in [-0.05, 0) is 6.07 Å². The van der Waals surface area contributed by atoms with Crippen molar-refractivity contribution in [3.05, 3.63) is 29.8 Å². The lowest BCUT2D eigenvalue weighted by atomic mass is 10.0. The summed E-state index contributed by atoms with van der Waals surface area (Å²) >= 11 is 0. The molecule has 13 heavy (non-hydrogen) atoms. The number of phenols is 1. The first-order chi connectivity index (χ1) is 6.11. The molecule has 0 fully saturated rings. The molecule has 0 aromatic heterocycles. The first kappa shape index (κ1) is 9.54. The number of rotatable bonds is 3. The first-order valence-electron chi connectivity index (χ1n) is 3.86. The normalized spacial score (nSPS) is 12.4. The summed E-state index contributed by atoms with van der Waals surface area (Å²) < 4.78 is 0. The molecule has 0 heterocycles. The molecule has 0 saturated heterocycles. The molecule has 0 saturated carbocycles. The van der Waals surface area contributed by atoms with E-state index in [0.29, 0.717) is 5.56 Å². The Hall–Kier alpha value is -1.55. The lowest BCUT2D eigenvalue weighted by Gasteiger charge is -2.10. The van der Waals surface area contributed by atoms with Crippen molar-refractivity contribution < 1.29 is 15.0 Å². The minimum absolute atomic E-state index is 0.0382. The van der Waals surface area contributed by atoms with Gasteiger partial charge in [-0.15, -0.1) is 0 Å². The van der Waals surface area contributed by atoms with E-state index in [9.17, 15) is 9.90 Å². The maximum atomic E-state index is 10.3. The van der Waals surface area contributed by atoms with Crippen LogP contribution in [0.4, 0.5) is 0 Å². The highest BCUT2D eigenvalue weighted by atomic mass is 16.4. The van der Waals surface area contributed by atoms with Crippen molar-refractivity contribution in [2.24, 2.45) is 5.73 Å². The van der Waals surface area contributed by atoms with Gasteiger partial charge < -0.3 is 15.9 Å². The minimum atomic E-state index is -0.976. The van der Waals surface area contributed by atoms with Gasteiger partial charge in [-0.2, -0.15) is 0 Å². The second kappa shape index (κ2) is 3.91. The van der Waals surface area contributed by atoms with Gasteiger partial charge in [-0.1, -0.05) is 18.2 Å². The topological polar surface area (TPSA) is 83.6 Å². The van der Waals surface area contributed by atoms with Crippen molar-refractivity contribution >= 4 is 5.97 Å². The Morgan fingerprint density at radius 3 is 2.62 bits per heavy atom. The molecule has 70 valence electrons. The summed E-state index contributed by atoms with van der Waals surface area (Å²) in [5, 5.41) is 17.8. The average Bonchev–Trinajstić information content (AvgIpc) is 2.03. The molecule has 1 aromatic carbocycles. The maximum Gasteiger partial charge on any atom is 0.305 e. The summed E-state index contributed by atoms with van der Waals surface area (Å²) in [6.45, 7) is 0. The molecule has 1 aromatic rings. The Labute approximate surface area is 75.6 Å². The molecule has 4 N–H and O–H groups in total. The van der Waals surface area contributed by atoms with Crippen LogP contribution in [0.1, 0.15) is 18.0 Å². The number of carbonyl (C=O) groups is 1. The van der Waals surface area contributed by atoms with E-state index in [0.717, 1.165) is 0 Å². The predicted molar refractivity (Wildman–Crippen MR) is 47.3 cm³/mol. The first-order valence-corrected chi connectivity index (χ1v) is 3.86. The Morgan fingerprint density at radius 1 is 1.46 bits per heavy atom. The minimum Gasteiger partial charge on any atom is -0.508 e. The number of carboxylic acids is 1. The van der Waals surface area contributed by atoms with Crippen molar-refractivity contribution in [2.45, 2.75) is 12.5 Å². The molecule has 0 bridgehead atoms. The summed E-state index contributed by atoms with van der Waals surface area (Å²) in [5.41, 5.74) is 6.02. The fraction of sp³-hybridized carbons (Fsp3) is 0.222. The number of carboxylic acid groups (broad SMARTS) is 1. The highest BCUT2D eigenvalue weighted by molar-refractivity contribution is 5.68. The standard InChI is InChI=1S/C9H11NO3/c10-7(5-9(12)13)6-3-1-2-4-8(6)11/h1-4,7,11H,5,10H2,(H,12,13). The van der Waals surface area contributed by atoms with Gasteiger partial charge >= 0.3 is 5.97 Å². The number of para-hydroxylation sites is 1. The third-order valence-corrected chi connectivity index (χ3v) is 1.73. The van der Waals surface area contributed by atoms with Crippen LogP contribution in [0.3, 0.4) is 0 Å². The smallest absolute Gasteiger partial charge is 0.305 e. The molecule has 4 nitrogen and oxygen atoms in total. The largest absolute Gasteiger partial charge is 0.508 e. The molecule has 0 radical (unpaired) electrons. The van der Waals surface area contributed by atoms with Crippen LogP contribution in [0.25, 0.3) is 0 Å². The lowest BCUT2D eigenvalue weighted by molar-refractivity contribution is -0.137. The van der Waals surface area contributed by atoms with Gasteiger partial charge in [0.25, 0.3) is 0 Å². The fourth-order valence-electron chi connectivity index (χ4n) is 1.10. The molecule has 0 aliphatic carbocycles. The Bertz CT molecular complexity index is 311. The summed E-state index contributed by atoms with van der Waals surface area (Å²) in [6.07, 6.45) is -0.183. The zero-order valence-corrected chi connectivity index (χ0v) is 6.97. The second-order valence-corrected chi connectivity index (χ2v) is 2.76. The number of hydrogen-bond donors (Lipinski definition) is 3. The molecule has 1 unspecified atom stereocenters. The monoisotopic (exact) mass is 181 g/mol. The predicted octanol–water partition coefficient (Wildman–Crippen LogP) is 0.867. The van der Waals surface area contributed by atoms with E-state index in [2.05, 4.69) is 0 Å². The van der Waals surface area contributed by atoms with E-state index in [1.165, 1.54) is 6.07 Å². The van der Waals surface area contributed by atoms with Crippen LogP contribution in [0.15, 0.2) is 24.3 Å². The van der Waals surface area contributed by atoms with E-state index in [1.807, 2.05) is 0 Å². The van der Waals surface area contributed by atoms with Crippen molar-refractivity contribution in [1.29, 1.82) is 0 Å². The lowest BCUT2D eigenvalue weighted by Crippen LogP contribution is -2.14. The number of nitrogens with two attached hydrogens (primary N) is 1. The molecular formula is C9H11NO3. The SMILES string of the molecule is NC(CC(=O)O)c1ccccc1O. The van der Waals surface area contributed by atoms with Gasteiger partial charge in [0.2, 0.25) is 0 Å². The Morgan fingerprint density at radius 2 is 2.08 bits per heavy atom. The van der Waals surface area contributed by atoms with Gasteiger partial charge in [0.1, 0.15) is 5.75 Å². The molecular weight excluding hydrogens is 170 g/mol. The summed E-state index contributed by atoms with van der Waals surface area (Å²) in [5.74, 6) is -0.938. The number of hydrogen-bond acceptors (Lipinski definition) is 3. The van der Waals surface area contributed by atoms with Crippen LogP contribution >= 0.6 is 0 Å². The van der Waals surface area contributed by atoms with Gasteiger partial charge in [-0.3, -0.25) is 4.79 Å². The third-order valence-electron chi connectivity index (χ3n) is 1.73. The van der Waals surface area contributed by atoms with Crippen LogP contribution in [-0.4, -0.2) is 16.2 Å². The average molecular weight is 181 g/mol. The van der Waals surface area contributed by atoms with E-state index in [1.54, 1.807) is 18.2 Å². The van der Waals surface area contributed by atoms with Crippen LogP contribution < -0.4 is 5.73 Å². The molecule has 1 atom stereocenters. The molecule has 0 spiro atoms. The highest BCUT2D eigenvalue weighted by Gasteiger charge is 2.13. The van der Waals surface area contributed by atoms with E-state index in [4.69, 9.17) is 10.8 Å². The Balaban J connectivity index is 2.82. The number of benzene rings is 1. The molecule has 0 amide bonds. The second-order valence-electron chi connectivity index (χ2n) is 2.76. The molecule has 4 heteroatoms. The van der Waals surface area contributed by atoms with Gasteiger partial charge in [0.15, 0.2) is 0 Å². The van der Waals surface area contributed by atoms with E-state index < -0.39 is 12.0 Å². The zero-order valence-electron chi connectivity index (χ0n) is 6.97. The fourth-order valence-corrected chi connectivity index (χ4v) is 1.10. The van der Waals surface area contributed by atoms with Crippen molar-refractivity contribution in [2.75, 3.05) is 0 Å². The quantitative estimate of drug-likeness (QED) is 0.646. The van der Waals surface area contributed by atoms with Gasteiger partial charge in [0.05, 0.1) is 6.42 Å². The van der Waals surface area contributed by atoms with E-state index in [-0.39, 0.29) is 12.2 Å².